The Morgan fingerprint density at radius 2 is 1.88 bits per heavy atom. The first-order valence-corrected chi connectivity index (χ1v) is 8.07. The van der Waals surface area contributed by atoms with Crippen molar-refractivity contribution in [3.05, 3.63) is 0 Å². The van der Waals surface area contributed by atoms with Crippen molar-refractivity contribution in [3.8, 4) is 0 Å². The predicted molar refractivity (Wildman–Crippen MR) is 75.2 cm³/mol. The first kappa shape index (κ1) is 13.4. The zero-order valence-corrected chi connectivity index (χ0v) is 11.9. The second-order valence-electron chi connectivity index (χ2n) is 6.48. The number of nitrogens with one attached hydrogen (secondary N) is 1. The maximum absolute atomic E-state index is 3.96. The minimum atomic E-state index is 0.834. The Hall–Kier alpha value is -0.0400. The van der Waals surface area contributed by atoms with E-state index in [4.69, 9.17) is 0 Å². The van der Waals surface area contributed by atoms with Gasteiger partial charge in [0.05, 0.1) is 0 Å². The lowest BCUT2D eigenvalue weighted by atomic mass is 9.71. The number of fused-ring (bicyclic) bond motifs is 1. The summed E-state index contributed by atoms with van der Waals surface area (Å²) in [6, 6.07) is 1.70. The van der Waals surface area contributed by atoms with Gasteiger partial charge in [-0.15, -0.1) is 0 Å². The lowest BCUT2D eigenvalue weighted by Gasteiger charge is -2.44. The van der Waals surface area contributed by atoms with Crippen LogP contribution in [0.3, 0.4) is 0 Å². The molecule has 4 unspecified atom stereocenters. The standard InChI is InChI=1S/C16H31N/c1-3-4-5-6-9-14-12-13(2)15-10-7-8-11-16(15)17-14/h13-17H,3-12H2,1-2H3. The Kier molecular flexibility index (Phi) is 5.34. The number of unbranched alkanes of at least 4 members (excludes halogenated alkanes) is 3. The summed E-state index contributed by atoms with van der Waals surface area (Å²) in [5.41, 5.74) is 0. The fourth-order valence-corrected chi connectivity index (χ4v) is 4.06. The third kappa shape index (κ3) is 3.71. The molecular formula is C16H31N. The van der Waals surface area contributed by atoms with Gasteiger partial charge >= 0.3 is 0 Å². The van der Waals surface area contributed by atoms with E-state index in [-0.39, 0.29) is 0 Å². The second-order valence-corrected chi connectivity index (χ2v) is 6.48. The molecule has 1 heteroatoms. The van der Waals surface area contributed by atoms with Gasteiger partial charge in [0.25, 0.3) is 0 Å². The van der Waals surface area contributed by atoms with E-state index in [9.17, 15) is 0 Å². The number of rotatable bonds is 5. The van der Waals surface area contributed by atoms with Crippen LogP contribution in [0.25, 0.3) is 0 Å². The van der Waals surface area contributed by atoms with E-state index in [1.165, 1.54) is 64.2 Å². The van der Waals surface area contributed by atoms with Gasteiger partial charge in [0.1, 0.15) is 0 Å². The van der Waals surface area contributed by atoms with E-state index < -0.39 is 0 Å². The smallest absolute Gasteiger partial charge is 0.0100 e. The lowest BCUT2D eigenvalue weighted by Crippen LogP contribution is -2.52. The van der Waals surface area contributed by atoms with Gasteiger partial charge in [-0.3, -0.25) is 0 Å². The molecular weight excluding hydrogens is 206 g/mol. The lowest BCUT2D eigenvalue weighted by molar-refractivity contribution is 0.114. The Labute approximate surface area is 108 Å². The van der Waals surface area contributed by atoms with Gasteiger partial charge in [-0.2, -0.15) is 0 Å². The van der Waals surface area contributed by atoms with Crippen molar-refractivity contribution in [1.82, 2.24) is 5.32 Å². The first-order chi connectivity index (χ1) is 8.31. The van der Waals surface area contributed by atoms with Crippen LogP contribution in [-0.2, 0) is 0 Å². The Bertz CT molecular complexity index is 214. The average molecular weight is 237 g/mol. The van der Waals surface area contributed by atoms with E-state index in [2.05, 4.69) is 19.2 Å². The highest BCUT2D eigenvalue weighted by Crippen LogP contribution is 2.37. The van der Waals surface area contributed by atoms with Crippen LogP contribution < -0.4 is 5.32 Å². The van der Waals surface area contributed by atoms with Gasteiger partial charge in [0.15, 0.2) is 0 Å². The normalized spacial score (nSPS) is 37.8. The van der Waals surface area contributed by atoms with Crippen molar-refractivity contribution in [3.63, 3.8) is 0 Å². The molecule has 2 fully saturated rings. The van der Waals surface area contributed by atoms with Crippen molar-refractivity contribution >= 4 is 0 Å². The van der Waals surface area contributed by atoms with E-state index in [1.54, 1.807) is 0 Å². The van der Waals surface area contributed by atoms with Crippen molar-refractivity contribution in [1.29, 1.82) is 0 Å². The summed E-state index contributed by atoms with van der Waals surface area (Å²) in [5, 5.41) is 3.96. The Morgan fingerprint density at radius 1 is 1.06 bits per heavy atom. The van der Waals surface area contributed by atoms with Crippen LogP contribution in [0, 0.1) is 11.8 Å². The van der Waals surface area contributed by atoms with Crippen LogP contribution >= 0.6 is 0 Å². The van der Waals surface area contributed by atoms with Crippen molar-refractivity contribution < 1.29 is 0 Å². The van der Waals surface area contributed by atoms with Crippen LogP contribution in [-0.4, -0.2) is 12.1 Å². The van der Waals surface area contributed by atoms with Gasteiger partial charge in [0.2, 0.25) is 0 Å². The van der Waals surface area contributed by atoms with Gasteiger partial charge in [-0.25, -0.2) is 0 Å². The highest BCUT2D eigenvalue weighted by molar-refractivity contribution is 4.92. The molecule has 100 valence electrons. The zero-order valence-electron chi connectivity index (χ0n) is 11.9. The van der Waals surface area contributed by atoms with Gasteiger partial charge in [-0.1, -0.05) is 52.4 Å². The molecule has 1 saturated heterocycles. The molecule has 0 aromatic heterocycles. The molecule has 1 saturated carbocycles. The van der Waals surface area contributed by atoms with E-state index in [1.807, 2.05) is 0 Å². The van der Waals surface area contributed by atoms with Crippen molar-refractivity contribution in [2.75, 3.05) is 0 Å². The summed E-state index contributed by atoms with van der Waals surface area (Å²) in [4.78, 5) is 0. The molecule has 4 atom stereocenters. The maximum Gasteiger partial charge on any atom is 0.0100 e. The predicted octanol–water partition coefficient (Wildman–Crippen LogP) is 4.51. The maximum atomic E-state index is 3.96. The average Bonchev–Trinajstić information content (AvgIpc) is 2.35. The monoisotopic (exact) mass is 237 g/mol. The topological polar surface area (TPSA) is 12.0 Å². The molecule has 0 radical (unpaired) electrons. The molecule has 1 nitrogen and oxygen atoms in total. The van der Waals surface area contributed by atoms with Crippen LogP contribution in [0.15, 0.2) is 0 Å². The van der Waals surface area contributed by atoms with Crippen LogP contribution in [0.1, 0.15) is 78.1 Å². The zero-order chi connectivity index (χ0) is 12.1. The van der Waals surface area contributed by atoms with E-state index >= 15 is 0 Å². The SMILES string of the molecule is CCCCCCC1CC(C)C2CCCCC2N1. The minimum Gasteiger partial charge on any atom is -0.311 e. The highest BCUT2D eigenvalue weighted by atomic mass is 15.0. The van der Waals surface area contributed by atoms with Crippen molar-refractivity contribution in [2.45, 2.75) is 90.1 Å². The molecule has 0 amide bonds. The van der Waals surface area contributed by atoms with Gasteiger partial charge in [0, 0.05) is 12.1 Å². The number of hydrogen-bond donors (Lipinski definition) is 1. The van der Waals surface area contributed by atoms with Crippen LogP contribution in [0.2, 0.25) is 0 Å². The number of hydrogen-bond acceptors (Lipinski definition) is 1. The van der Waals surface area contributed by atoms with E-state index in [0.29, 0.717) is 0 Å². The quantitative estimate of drug-likeness (QED) is 0.694. The molecule has 0 spiro atoms. The third-order valence-electron chi connectivity index (χ3n) is 5.06. The molecule has 1 N–H and O–H groups in total. The fraction of sp³-hybridized carbons (Fsp3) is 1.00. The first-order valence-electron chi connectivity index (χ1n) is 8.07. The summed E-state index contributed by atoms with van der Waals surface area (Å²) in [5.74, 6) is 1.97. The number of piperidine rings is 1. The Balaban J connectivity index is 1.73. The molecule has 0 bridgehead atoms. The molecule has 2 aliphatic rings. The largest absolute Gasteiger partial charge is 0.311 e. The summed E-state index contributed by atoms with van der Waals surface area (Å²) in [6.45, 7) is 4.80. The third-order valence-corrected chi connectivity index (χ3v) is 5.06. The molecule has 0 aromatic rings. The second kappa shape index (κ2) is 6.78. The Morgan fingerprint density at radius 3 is 2.71 bits per heavy atom. The molecule has 2 rings (SSSR count). The molecule has 1 aliphatic carbocycles. The molecule has 1 heterocycles. The molecule has 17 heavy (non-hydrogen) atoms. The van der Waals surface area contributed by atoms with Gasteiger partial charge < -0.3 is 5.32 Å². The molecule has 0 aromatic carbocycles. The van der Waals surface area contributed by atoms with Crippen LogP contribution in [0.4, 0.5) is 0 Å². The summed E-state index contributed by atoms with van der Waals surface area (Å²) < 4.78 is 0. The van der Waals surface area contributed by atoms with E-state index in [0.717, 1.165) is 23.9 Å². The minimum absolute atomic E-state index is 0.834. The summed E-state index contributed by atoms with van der Waals surface area (Å²) in [6.07, 6.45) is 14.4. The summed E-state index contributed by atoms with van der Waals surface area (Å²) in [7, 11) is 0. The fourth-order valence-electron chi connectivity index (χ4n) is 4.06. The van der Waals surface area contributed by atoms with Crippen LogP contribution in [0.5, 0.6) is 0 Å². The van der Waals surface area contributed by atoms with Crippen molar-refractivity contribution in [2.24, 2.45) is 11.8 Å². The highest BCUT2D eigenvalue weighted by Gasteiger charge is 2.35. The summed E-state index contributed by atoms with van der Waals surface area (Å²) >= 11 is 0. The molecule has 1 aliphatic heterocycles. The van der Waals surface area contributed by atoms with Gasteiger partial charge in [-0.05, 0) is 37.5 Å².